The summed E-state index contributed by atoms with van der Waals surface area (Å²) in [5, 5.41) is 8.26. The van der Waals surface area contributed by atoms with Crippen LogP contribution in [0.15, 0.2) is 42.5 Å². The lowest BCUT2D eigenvalue weighted by molar-refractivity contribution is -0.122. The van der Waals surface area contributed by atoms with Crippen LogP contribution in [0.25, 0.3) is 0 Å². The van der Waals surface area contributed by atoms with Crippen molar-refractivity contribution in [1.29, 1.82) is 0 Å². The number of hydrogen-bond acceptors (Lipinski definition) is 5. The van der Waals surface area contributed by atoms with Gasteiger partial charge in [-0.2, -0.15) is 0 Å². The SMILES string of the molecule is COc1ccc(NC(=O)C2CC2C(=O)Nc2cccc(NC(C)=O)c2)c(OC)c1. The molecule has 0 aliphatic heterocycles. The van der Waals surface area contributed by atoms with Crippen molar-refractivity contribution in [2.75, 3.05) is 30.2 Å². The number of amides is 3. The Morgan fingerprint density at radius 1 is 0.862 bits per heavy atom. The molecule has 1 aliphatic carbocycles. The number of ether oxygens (including phenoxy) is 2. The Labute approximate surface area is 168 Å². The quantitative estimate of drug-likeness (QED) is 0.666. The van der Waals surface area contributed by atoms with E-state index in [1.54, 1.807) is 49.6 Å². The van der Waals surface area contributed by atoms with Gasteiger partial charge in [0, 0.05) is 24.4 Å². The zero-order valence-electron chi connectivity index (χ0n) is 16.4. The van der Waals surface area contributed by atoms with Crippen LogP contribution >= 0.6 is 0 Å². The molecule has 3 amide bonds. The lowest BCUT2D eigenvalue weighted by Crippen LogP contribution is -2.21. The number of rotatable bonds is 7. The van der Waals surface area contributed by atoms with Gasteiger partial charge in [0.25, 0.3) is 0 Å². The standard InChI is InChI=1S/C21H23N3O5/c1-12(25)22-13-5-4-6-14(9-13)23-20(26)16-11-17(16)21(27)24-18-8-7-15(28-2)10-19(18)29-3/h4-10,16-17H,11H2,1-3H3,(H,22,25)(H,23,26)(H,24,27). The highest BCUT2D eigenvalue weighted by atomic mass is 16.5. The largest absolute Gasteiger partial charge is 0.497 e. The molecular formula is C21H23N3O5. The molecule has 1 fully saturated rings. The van der Waals surface area contributed by atoms with E-state index in [9.17, 15) is 14.4 Å². The van der Waals surface area contributed by atoms with E-state index in [1.165, 1.54) is 14.0 Å². The Hall–Kier alpha value is -3.55. The Bertz CT molecular complexity index is 944. The van der Waals surface area contributed by atoms with Crippen molar-refractivity contribution >= 4 is 34.8 Å². The summed E-state index contributed by atoms with van der Waals surface area (Å²) in [5.41, 5.74) is 1.67. The molecule has 29 heavy (non-hydrogen) atoms. The van der Waals surface area contributed by atoms with Crippen LogP contribution in [0.3, 0.4) is 0 Å². The zero-order chi connectivity index (χ0) is 21.0. The maximum absolute atomic E-state index is 12.5. The second-order valence-corrected chi connectivity index (χ2v) is 6.76. The van der Waals surface area contributed by atoms with E-state index in [0.29, 0.717) is 35.0 Å². The molecule has 3 N–H and O–H groups in total. The number of carbonyl (C=O) groups excluding carboxylic acids is 3. The van der Waals surface area contributed by atoms with Gasteiger partial charge in [-0.3, -0.25) is 14.4 Å². The van der Waals surface area contributed by atoms with Gasteiger partial charge in [0.15, 0.2) is 0 Å². The first-order valence-corrected chi connectivity index (χ1v) is 9.12. The topological polar surface area (TPSA) is 106 Å². The number of methoxy groups -OCH3 is 2. The van der Waals surface area contributed by atoms with Gasteiger partial charge in [-0.05, 0) is 36.8 Å². The molecule has 0 bridgehead atoms. The van der Waals surface area contributed by atoms with Crippen LogP contribution < -0.4 is 25.4 Å². The van der Waals surface area contributed by atoms with Crippen molar-refractivity contribution in [3.8, 4) is 11.5 Å². The van der Waals surface area contributed by atoms with E-state index in [1.807, 2.05) is 0 Å². The molecule has 2 unspecified atom stereocenters. The summed E-state index contributed by atoms with van der Waals surface area (Å²) in [6.07, 6.45) is 0.474. The van der Waals surface area contributed by atoms with Gasteiger partial charge in [0.2, 0.25) is 17.7 Å². The Balaban J connectivity index is 1.58. The number of nitrogens with one attached hydrogen (secondary N) is 3. The Kier molecular flexibility index (Phi) is 6.01. The molecule has 2 atom stereocenters. The van der Waals surface area contributed by atoms with Crippen LogP contribution in [-0.2, 0) is 14.4 Å². The fourth-order valence-corrected chi connectivity index (χ4v) is 3.01. The zero-order valence-corrected chi connectivity index (χ0v) is 16.4. The first-order valence-electron chi connectivity index (χ1n) is 9.12. The third kappa shape index (κ3) is 5.04. The van der Waals surface area contributed by atoms with Crippen molar-refractivity contribution in [2.45, 2.75) is 13.3 Å². The average molecular weight is 397 g/mol. The third-order valence-electron chi connectivity index (χ3n) is 4.58. The summed E-state index contributed by atoms with van der Waals surface area (Å²) in [4.78, 5) is 36.1. The maximum atomic E-state index is 12.5. The highest BCUT2D eigenvalue weighted by molar-refractivity contribution is 6.04. The van der Waals surface area contributed by atoms with Gasteiger partial charge in [-0.25, -0.2) is 0 Å². The van der Waals surface area contributed by atoms with Crippen LogP contribution in [0.1, 0.15) is 13.3 Å². The smallest absolute Gasteiger partial charge is 0.228 e. The van der Waals surface area contributed by atoms with E-state index in [4.69, 9.17) is 9.47 Å². The van der Waals surface area contributed by atoms with Gasteiger partial charge in [0.05, 0.1) is 31.7 Å². The molecule has 0 heterocycles. The molecule has 0 aromatic heterocycles. The molecule has 8 nitrogen and oxygen atoms in total. The summed E-state index contributed by atoms with van der Waals surface area (Å²) >= 11 is 0. The van der Waals surface area contributed by atoms with E-state index >= 15 is 0 Å². The van der Waals surface area contributed by atoms with Crippen molar-refractivity contribution in [2.24, 2.45) is 11.8 Å². The van der Waals surface area contributed by atoms with E-state index in [-0.39, 0.29) is 17.7 Å². The van der Waals surface area contributed by atoms with Gasteiger partial charge < -0.3 is 25.4 Å². The number of benzene rings is 2. The summed E-state index contributed by atoms with van der Waals surface area (Å²) < 4.78 is 10.4. The Morgan fingerprint density at radius 2 is 1.52 bits per heavy atom. The van der Waals surface area contributed by atoms with Gasteiger partial charge in [0.1, 0.15) is 11.5 Å². The first kappa shape index (κ1) is 20.2. The predicted octanol–water partition coefficient (Wildman–Crippen LogP) is 2.88. The highest BCUT2D eigenvalue weighted by Crippen LogP contribution is 2.41. The second kappa shape index (κ2) is 8.64. The van der Waals surface area contributed by atoms with Crippen molar-refractivity contribution in [3.05, 3.63) is 42.5 Å². The predicted molar refractivity (Wildman–Crippen MR) is 109 cm³/mol. The van der Waals surface area contributed by atoms with Gasteiger partial charge in [-0.15, -0.1) is 0 Å². The van der Waals surface area contributed by atoms with Crippen molar-refractivity contribution < 1.29 is 23.9 Å². The van der Waals surface area contributed by atoms with Crippen molar-refractivity contribution in [1.82, 2.24) is 0 Å². The summed E-state index contributed by atoms with van der Waals surface area (Å²) in [5.74, 6) is -0.364. The number of anilines is 3. The van der Waals surface area contributed by atoms with E-state index in [2.05, 4.69) is 16.0 Å². The first-order chi connectivity index (χ1) is 13.9. The van der Waals surface area contributed by atoms with E-state index in [0.717, 1.165) is 0 Å². The maximum Gasteiger partial charge on any atom is 0.228 e. The molecule has 8 heteroatoms. The molecular weight excluding hydrogens is 374 g/mol. The summed E-state index contributed by atoms with van der Waals surface area (Å²) in [7, 11) is 3.05. The lowest BCUT2D eigenvalue weighted by atomic mass is 10.2. The Morgan fingerprint density at radius 3 is 2.14 bits per heavy atom. The normalized spacial score (nSPS) is 17.1. The molecule has 2 aromatic rings. The van der Waals surface area contributed by atoms with Gasteiger partial charge >= 0.3 is 0 Å². The molecule has 3 rings (SSSR count). The van der Waals surface area contributed by atoms with Crippen molar-refractivity contribution in [3.63, 3.8) is 0 Å². The fraction of sp³-hybridized carbons (Fsp3) is 0.286. The molecule has 1 aliphatic rings. The second-order valence-electron chi connectivity index (χ2n) is 6.76. The molecule has 1 saturated carbocycles. The lowest BCUT2D eigenvalue weighted by Gasteiger charge is -2.11. The van der Waals surface area contributed by atoms with Crippen LogP contribution in [0.4, 0.5) is 17.1 Å². The minimum Gasteiger partial charge on any atom is -0.497 e. The average Bonchev–Trinajstić information content (AvgIpc) is 3.49. The van der Waals surface area contributed by atoms with E-state index < -0.39 is 11.8 Å². The molecule has 152 valence electrons. The molecule has 0 spiro atoms. The van der Waals surface area contributed by atoms with Crippen LogP contribution in [-0.4, -0.2) is 31.9 Å². The summed E-state index contributed by atoms with van der Waals surface area (Å²) in [6.45, 7) is 1.41. The third-order valence-corrected chi connectivity index (χ3v) is 4.58. The monoisotopic (exact) mass is 397 g/mol. The molecule has 0 saturated heterocycles. The summed E-state index contributed by atoms with van der Waals surface area (Å²) in [6, 6.07) is 11.9. The number of carbonyl (C=O) groups is 3. The van der Waals surface area contributed by atoms with Crippen LogP contribution in [0, 0.1) is 11.8 Å². The minimum absolute atomic E-state index is 0.193. The molecule has 0 radical (unpaired) electrons. The minimum atomic E-state index is -0.402. The van der Waals surface area contributed by atoms with Gasteiger partial charge in [-0.1, -0.05) is 6.07 Å². The van der Waals surface area contributed by atoms with Crippen LogP contribution in [0.5, 0.6) is 11.5 Å². The van der Waals surface area contributed by atoms with Crippen LogP contribution in [0.2, 0.25) is 0 Å². The highest BCUT2D eigenvalue weighted by Gasteiger charge is 2.48. The number of hydrogen-bond donors (Lipinski definition) is 3. The molecule has 2 aromatic carbocycles. The fourth-order valence-electron chi connectivity index (χ4n) is 3.01.